The quantitative estimate of drug-likeness (QED) is 0.661. The summed E-state index contributed by atoms with van der Waals surface area (Å²) in [6.07, 6.45) is 1.17. The van der Waals surface area contributed by atoms with Crippen LogP contribution in [0.4, 0.5) is 5.82 Å². The zero-order valence-electron chi connectivity index (χ0n) is 11.2. The summed E-state index contributed by atoms with van der Waals surface area (Å²) >= 11 is 1.51. The molecule has 0 saturated heterocycles. The van der Waals surface area contributed by atoms with E-state index >= 15 is 0 Å². The van der Waals surface area contributed by atoms with Crippen LogP contribution in [0.1, 0.15) is 28.4 Å². The van der Waals surface area contributed by atoms with Crippen molar-refractivity contribution in [3.8, 4) is 0 Å². The maximum atomic E-state index is 11.6. The normalized spacial score (nSPS) is 13.7. The molecule has 0 aliphatic heterocycles. The summed E-state index contributed by atoms with van der Waals surface area (Å²) in [4.78, 5) is 10.5. The third kappa shape index (κ3) is 2.43. The summed E-state index contributed by atoms with van der Waals surface area (Å²) in [5.41, 5.74) is 3.59. The Morgan fingerprint density at radius 2 is 1.95 bits per heavy atom. The lowest BCUT2D eigenvalue weighted by molar-refractivity contribution is 0.589. The average molecular weight is 300 g/mol. The number of sulfone groups is 1. The molecule has 2 aromatic heterocycles. The van der Waals surface area contributed by atoms with Crippen molar-refractivity contribution in [1.29, 1.82) is 0 Å². The highest BCUT2D eigenvalue weighted by atomic mass is 32.2. The van der Waals surface area contributed by atoms with Gasteiger partial charge in [-0.3, -0.25) is 0 Å². The number of aromatic nitrogens is 2. The molecule has 3 N–H and O–H groups in total. The summed E-state index contributed by atoms with van der Waals surface area (Å²) < 4.78 is 23.2. The monoisotopic (exact) mass is 300 g/mol. The second-order valence-corrected chi connectivity index (χ2v) is 8.08. The molecule has 6 nitrogen and oxygen atoms in total. The number of thiophene rings is 1. The number of fused-ring (bicyclic) bond motifs is 1. The van der Waals surface area contributed by atoms with Crippen LogP contribution in [-0.4, -0.2) is 24.6 Å². The van der Waals surface area contributed by atoms with Gasteiger partial charge in [-0.15, -0.1) is 11.3 Å². The molecular weight excluding hydrogens is 284 g/mol. The number of rotatable bonds is 3. The second kappa shape index (κ2) is 4.69. The van der Waals surface area contributed by atoms with Crippen molar-refractivity contribution in [2.75, 3.05) is 11.7 Å². The molecule has 0 amide bonds. The van der Waals surface area contributed by atoms with Crippen LogP contribution in [-0.2, 0) is 9.84 Å². The van der Waals surface area contributed by atoms with Gasteiger partial charge in [0.2, 0.25) is 0 Å². The molecule has 104 valence electrons. The zero-order chi connectivity index (χ0) is 14.4. The number of anilines is 1. The van der Waals surface area contributed by atoms with Gasteiger partial charge in [0.05, 0.1) is 5.39 Å². The van der Waals surface area contributed by atoms with E-state index < -0.39 is 15.1 Å². The van der Waals surface area contributed by atoms with Crippen LogP contribution in [0.15, 0.2) is 0 Å². The van der Waals surface area contributed by atoms with Gasteiger partial charge in [0.25, 0.3) is 0 Å². The molecule has 19 heavy (non-hydrogen) atoms. The highest BCUT2D eigenvalue weighted by Crippen LogP contribution is 2.34. The van der Waals surface area contributed by atoms with Gasteiger partial charge in [-0.2, -0.15) is 0 Å². The van der Waals surface area contributed by atoms with Gasteiger partial charge in [0.15, 0.2) is 15.7 Å². The van der Waals surface area contributed by atoms with E-state index in [0.29, 0.717) is 5.82 Å². The Labute approximate surface area is 116 Å². The molecule has 0 saturated carbocycles. The van der Waals surface area contributed by atoms with E-state index in [0.717, 1.165) is 20.7 Å². The standard InChI is InChI=1S/C11H16N4O2S2/c1-5-6(2)18-11-8(5)10(15-12)13-9(14-11)7(3)19(4,16)17/h7H,12H2,1-4H3,(H,13,14,15). The highest BCUT2D eigenvalue weighted by Gasteiger charge is 2.23. The van der Waals surface area contributed by atoms with Gasteiger partial charge in [-0.05, 0) is 26.3 Å². The Morgan fingerprint density at radius 3 is 2.47 bits per heavy atom. The van der Waals surface area contributed by atoms with Gasteiger partial charge < -0.3 is 5.43 Å². The Bertz CT molecular complexity index is 737. The Kier molecular flexibility index (Phi) is 3.50. The fourth-order valence-electron chi connectivity index (χ4n) is 1.74. The molecule has 2 aromatic rings. The van der Waals surface area contributed by atoms with Crippen molar-refractivity contribution in [3.05, 3.63) is 16.3 Å². The predicted molar refractivity (Wildman–Crippen MR) is 78.0 cm³/mol. The molecule has 2 heterocycles. The summed E-state index contributed by atoms with van der Waals surface area (Å²) in [6, 6.07) is 0. The van der Waals surface area contributed by atoms with Gasteiger partial charge in [0, 0.05) is 11.1 Å². The van der Waals surface area contributed by atoms with E-state index in [-0.39, 0.29) is 5.82 Å². The topological polar surface area (TPSA) is 98.0 Å². The first kappa shape index (κ1) is 14.2. The third-order valence-corrected chi connectivity index (χ3v) is 5.78. The lowest BCUT2D eigenvalue weighted by atomic mass is 10.2. The summed E-state index contributed by atoms with van der Waals surface area (Å²) in [5.74, 6) is 6.22. The fraction of sp³-hybridized carbons (Fsp3) is 0.455. The molecule has 0 radical (unpaired) electrons. The van der Waals surface area contributed by atoms with Crippen LogP contribution < -0.4 is 11.3 Å². The van der Waals surface area contributed by atoms with Crippen LogP contribution in [0.2, 0.25) is 0 Å². The number of hydrazine groups is 1. The van der Waals surface area contributed by atoms with E-state index in [1.807, 2.05) is 13.8 Å². The van der Waals surface area contributed by atoms with Crippen LogP contribution in [0, 0.1) is 13.8 Å². The minimum Gasteiger partial charge on any atom is -0.308 e. The first-order valence-electron chi connectivity index (χ1n) is 5.68. The van der Waals surface area contributed by atoms with Gasteiger partial charge in [0.1, 0.15) is 15.9 Å². The maximum Gasteiger partial charge on any atom is 0.157 e. The molecule has 0 aliphatic carbocycles. The van der Waals surface area contributed by atoms with Gasteiger partial charge >= 0.3 is 0 Å². The fourth-order valence-corrected chi connectivity index (χ4v) is 3.27. The Balaban J connectivity index is 2.74. The number of hydrogen-bond donors (Lipinski definition) is 2. The van der Waals surface area contributed by atoms with E-state index in [1.54, 1.807) is 6.92 Å². The molecule has 0 fully saturated rings. The number of hydrogen-bond acceptors (Lipinski definition) is 7. The van der Waals surface area contributed by atoms with Crippen molar-refractivity contribution < 1.29 is 8.42 Å². The van der Waals surface area contributed by atoms with Crippen molar-refractivity contribution in [2.45, 2.75) is 26.0 Å². The number of nitrogens with one attached hydrogen (secondary N) is 1. The minimum absolute atomic E-state index is 0.268. The zero-order valence-corrected chi connectivity index (χ0v) is 12.8. The molecular formula is C11H16N4O2S2. The first-order valence-corrected chi connectivity index (χ1v) is 8.46. The van der Waals surface area contributed by atoms with E-state index in [1.165, 1.54) is 17.6 Å². The maximum absolute atomic E-state index is 11.6. The van der Waals surface area contributed by atoms with Crippen LogP contribution in [0.5, 0.6) is 0 Å². The van der Waals surface area contributed by atoms with Crippen LogP contribution >= 0.6 is 11.3 Å². The first-order chi connectivity index (χ1) is 8.75. The summed E-state index contributed by atoms with van der Waals surface area (Å²) in [5, 5.41) is 0.0983. The van der Waals surface area contributed by atoms with E-state index in [9.17, 15) is 8.42 Å². The number of nitrogens with zero attached hydrogens (tertiary/aromatic N) is 2. The highest BCUT2D eigenvalue weighted by molar-refractivity contribution is 7.90. The molecule has 1 unspecified atom stereocenters. The van der Waals surface area contributed by atoms with E-state index in [4.69, 9.17) is 5.84 Å². The predicted octanol–water partition coefficient (Wildman–Crippen LogP) is 1.70. The molecule has 2 rings (SSSR count). The summed E-state index contributed by atoms with van der Waals surface area (Å²) in [7, 11) is -3.24. The molecule has 0 spiro atoms. The van der Waals surface area contributed by atoms with Crippen molar-refractivity contribution in [2.24, 2.45) is 5.84 Å². The molecule has 1 atom stereocenters. The second-order valence-electron chi connectivity index (χ2n) is 4.51. The number of nitrogens with two attached hydrogens (primary N) is 1. The Morgan fingerprint density at radius 1 is 1.32 bits per heavy atom. The van der Waals surface area contributed by atoms with Crippen LogP contribution in [0.25, 0.3) is 10.2 Å². The van der Waals surface area contributed by atoms with Crippen LogP contribution in [0.3, 0.4) is 0 Å². The third-order valence-electron chi connectivity index (χ3n) is 3.19. The molecule has 0 aromatic carbocycles. The minimum atomic E-state index is -3.24. The lowest BCUT2D eigenvalue weighted by Gasteiger charge is -2.10. The van der Waals surface area contributed by atoms with Gasteiger partial charge in [-0.25, -0.2) is 24.2 Å². The summed E-state index contributed by atoms with van der Waals surface area (Å²) in [6.45, 7) is 5.53. The molecule has 8 heteroatoms. The molecule has 0 aliphatic rings. The average Bonchev–Trinajstić information content (AvgIpc) is 2.62. The lowest BCUT2D eigenvalue weighted by Crippen LogP contribution is -2.15. The SMILES string of the molecule is Cc1sc2nc(C(C)S(C)(=O)=O)nc(NN)c2c1C. The molecule has 0 bridgehead atoms. The van der Waals surface area contributed by atoms with Crippen molar-refractivity contribution in [1.82, 2.24) is 9.97 Å². The number of nitrogen functional groups attached to an aromatic ring is 1. The Hall–Kier alpha value is -1.25. The number of aryl methyl sites for hydroxylation is 2. The van der Waals surface area contributed by atoms with Crippen molar-refractivity contribution in [3.63, 3.8) is 0 Å². The smallest absolute Gasteiger partial charge is 0.157 e. The van der Waals surface area contributed by atoms with E-state index in [2.05, 4.69) is 15.4 Å². The van der Waals surface area contributed by atoms with Gasteiger partial charge in [-0.1, -0.05) is 0 Å². The van der Waals surface area contributed by atoms with Crippen molar-refractivity contribution >= 4 is 37.2 Å². The largest absolute Gasteiger partial charge is 0.308 e.